The first-order chi connectivity index (χ1) is 23.9. The van der Waals surface area contributed by atoms with Crippen molar-refractivity contribution < 1.29 is 43.9 Å². The van der Waals surface area contributed by atoms with Gasteiger partial charge in [0, 0.05) is 31.7 Å². The van der Waals surface area contributed by atoms with Crippen molar-refractivity contribution in [3.05, 3.63) is 23.8 Å². The fourth-order valence-corrected chi connectivity index (χ4v) is 8.65. The predicted molar refractivity (Wildman–Crippen MR) is 189 cm³/mol. The Hall–Kier alpha value is -2.93. The Morgan fingerprint density at radius 3 is 2.46 bits per heavy atom. The standard InChI is InChI=1S/C38H61N3O9/c1-25(42)8-10-28(11-13-30(44)24-39-3)32(49-26(2)43)22-34(50-36(47)38-16-6-5-7-29(38)12-15-35(46)41-38)37(17-19-40-20-18-37)23-27-9-14-31(45)33(21-27)48-4/h9,14,21,25,28-30,32,34,39-40,42,44-45H,5-8,10-13,15-20,22-24H2,1-4H3,(H,41,46)/t25-,28-,29+,30+,32-,34+,38+/m0/s1. The molecule has 2 saturated heterocycles. The van der Waals surface area contributed by atoms with Crippen molar-refractivity contribution in [3.8, 4) is 11.5 Å². The summed E-state index contributed by atoms with van der Waals surface area (Å²) < 4.78 is 18.3. The number of hydrogen-bond donors (Lipinski definition) is 6. The molecule has 12 heteroatoms. The van der Waals surface area contributed by atoms with Gasteiger partial charge in [-0.25, -0.2) is 4.79 Å². The Bertz CT molecular complexity index is 1270. The Morgan fingerprint density at radius 2 is 1.78 bits per heavy atom. The predicted octanol–water partition coefficient (Wildman–Crippen LogP) is 3.52. The molecule has 1 saturated carbocycles. The summed E-state index contributed by atoms with van der Waals surface area (Å²) >= 11 is 0. The average molecular weight is 704 g/mol. The number of carbonyl (C=O) groups is 3. The number of methoxy groups -OCH3 is 1. The highest BCUT2D eigenvalue weighted by atomic mass is 16.6. The molecule has 12 nitrogen and oxygen atoms in total. The lowest BCUT2D eigenvalue weighted by molar-refractivity contribution is -0.179. The molecule has 0 aromatic heterocycles. The number of aromatic hydroxyl groups is 1. The number of aliphatic hydroxyl groups excluding tert-OH is 2. The quantitative estimate of drug-likeness (QED) is 0.123. The molecule has 1 aromatic rings. The molecule has 3 fully saturated rings. The fraction of sp³-hybridized carbons (Fsp3) is 0.763. The van der Waals surface area contributed by atoms with Gasteiger partial charge in [0.25, 0.3) is 0 Å². The lowest BCUT2D eigenvalue weighted by Gasteiger charge is -2.49. The first-order valence-electron chi connectivity index (χ1n) is 18.7. The average Bonchev–Trinajstić information content (AvgIpc) is 3.08. The van der Waals surface area contributed by atoms with Crippen LogP contribution in [0.4, 0.5) is 0 Å². The smallest absolute Gasteiger partial charge is 0.332 e. The number of ether oxygens (including phenoxy) is 3. The number of hydrogen-bond acceptors (Lipinski definition) is 11. The molecule has 6 N–H and O–H groups in total. The number of aliphatic hydroxyl groups is 2. The van der Waals surface area contributed by atoms with Crippen LogP contribution in [0, 0.1) is 17.3 Å². The van der Waals surface area contributed by atoms with Crippen LogP contribution in [0.2, 0.25) is 0 Å². The highest BCUT2D eigenvalue weighted by Crippen LogP contribution is 2.46. The zero-order valence-corrected chi connectivity index (χ0v) is 30.5. The summed E-state index contributed by atoms with van der Waals surface area (Å²) in [5, 5.41) is 40.8. The van der Waals surface area contributed by atoms with Gasteiger partial charge in [-0.15, -0.1) is 0 Å². The summed E-state index contributed by atoms with van der Waals surface area (Å²) in [7, 11) is 3.29. The summed E-state index contributed by atoms with van der Waals surface area (Å²) in [5.41, 5.74) is -0.768. The normalized spacial score (nSPS) is 24.8. The number of benzene rings is 1. The number of carbonyl (C=O) groups excluding carboxylic acids is 3. The lowest BCUT2D eigenvalue weighted by atomic mass is 9.66. The zero-order valence-electron chi connectivity index (χ0n) is 30.5. The van der Waals surface area contributed by atoms with Crippen molar-refractivity contribution in [3.63, 3.8) is 0 Å². The van der Waals surface area contributed by atoms with Crippen LogP contribution in [0.1, 0.15) is 103 Å². The number of fused-ring (bicyclic) bond motifs is 1. The summed E-state index contributed by atoms with van der Waals surface area (Å²) in [6.45, 7) is 4.90. The summed E-state index contributed by atoms with van der Waals surface area (Å²) in [5.74, 6) is -0.858. The highest BCUT2D eigenvalue weighted by Gasteiger charge is 2.54. The van der Waals surface area contributed by atoms with Gasteiger partial charge >= 0.3 is 11.9 Å². The maximum atomic E-state index is 14.7. The molecule has 0 bridgehead atoms. The third-order valence-corrected chi connectivity index (χ3v) is 11.4. The molecule has 1 amide bonds. The Kier molecular flexibility index (Phi) is 14.8. The molecule has 0 unspecified atom stereocenters. The van der Waals surface area contributed by atoms with Crippen LogP contribution in [0.5, 0.6) is 11.5 Å². The van der Waals surface area contributed by atoms with Crippen LogP contribution < -0.4 is 20.7 Å². The second-order valence-corrected chi connectivity index (χ2v) is 15.0. The molecule has 2 heterocycles. The van der Waals surface area contributed by atoms with Crippen LogP contribution in [0.25, 0.3) is 0 Å². The SMILES string of the molecule is CNC[C@H](O)CC[C@H](CC[C@H](C)O)[C@H](C[C@@H](OC(=O)[C@@]12CCCC[C@@H]1CCC(=O)N2)C1(Cc2ccc(O)c(OC)c2)CCNCC1)OC(C)=O. The van der Waals surface area contributed by atoms with E-state index in [0.29, 0.717) is 89.6 Å². The molecule has 4 rings (SSSR count). The number of phenols is 1. The van der Waals surface area contributed by atoms with Crippen LogP contribution in [0.3, 0.4) is 0 Å². The third-order valence-electron chi connectivity index (χ3n) is 11.4. The first kappa shape index (κ1) is 39.8. The van der Waals surface area contributed by atoms with Crippen molar-refractivity contribution in [1.82, 2.24) is 16.0 Å². The molecule has 1 aromatic carbocycles. The van der Waals surface area contributed by atoms with E-state index in [-0.39, 0.29) is 29.9 Å². The van der Waals surface area contributed by atoms with Gasteiger partial charge in [0.1, 0.15) is 17.7 Å². The molecule has 3 aliphatic rings. The van der Waals surface area contributed by atoms with E-state index < -0.39 is 47.3 Å². The van der Waals surface area contributed by atoms with Gasteiger partial charge in [-0.3, -0.25) is 9.59 Å². The number of esters is 2. The first-order valence-corrected chi connectivity index (χ1v) is 18.7. The summed E-state index contributed by atoms with van der Waals surface area (Å²) in [6, 6.07) is 5.28. The molecule has 1 aliphatic carbocycles. The lowest BCUT2D eigenvalue weighted by Crippen LogP contribution is -2.65. The molecule has 0 spiro atoms. The van der Waals surface area contributed by atoms with Gasteiger partial charge in [0.2, 0.25) is 5.91 Å². The van der Waals surface area contributed by atoms with Crippen molar-refractivity contribution in [1.29, 1.82) is 0 Å². The molecular formula is C38H61N3O9. The van der Waals surface area contributed by atoms with Gasteiger partial charge in [0.05, 0.1) is 19.3 Å². The van der Waals surface area contributed by atoms with E-state index in [1.54, 1.807) is 20.0 Å². The minimum atomic E-state index is -1.10. The Morgan fingerprint density at radius 1 is 1.04 bits per heavy atom. The van der Waals surface area contributed by atoms with Crippen LogP contribution in [-0.4, -0.2) is 96.9 Å². The Balaban J connectivity index is 1.77. The fourth-order valence-electron chi connectivity index (χ4n) is 8.65. The number of piperidine rings is 2. The molecule has 50 heavy (non-hydrogen) atoms. The van der Waals surface area contributed by atoms with Crippen molar-refractivity contribution >= 4 is 17.8 Å². The second-order valence-electron chi connectivity index (χ2n) is 15.0. The van der Waals surface area contributed by atoms with Gasteiger partial charge < -0.3 is 45.5 Å². The molecule has 2 aliphatic heterocycles. The minimum absolute atomic E-state index is 0.0100. The topological polar surface area (TPSA) is 176 Å². The maximum absolute atomic E-state index is 14.7. The van der Waals surface area contributed by atoms with E-state index >= 15 is 0 Å². The molecule has 7 atom stereocenters. The van der Waals surface area contributed by atoms with E-state index in [4.69, 9.17) is 14.2 Å². The van der Waals surface area contributed by atoms with Gasteiger partial charge in [-0.2, -0.15) is 0 Å². The van der Waals surface area contributed by atoms with Crippen LogP contribution >= 0.6 is 0 Å². The number of rotatable bonds is 18. The van der Waals surface area contributed by atoms with Gasteiger partial charge in [-0.05, 0) is 121 Å². The summed E-state index contributed by atoms with van der Waals surface area (Å²) in [4.78, 5) is 40.2. The van der Waals surface area contributed by atoms with Crippen LogP contribution in [-0.2, 0) is 30.3 Å². The van der Waals surface area contributed by atoms with E-state index in [1.807, 2.05) is 12.1 Å². The second kappa shape index (κ2) is 18.5. The maximum Gasteiger partial charge on any atom is 0.332 e. The van der Waals surface area contributed by atoms with E-state index in [9.17, 15) is 29.7 Å². The highest BCUT2D eigenvalue weighted by molar-refractivity contribution is 5.90. The van der Waals surface area contributed by atoms with E-state index in [0.717, 1.165) is 24.8 Å². The molecule has 0 radical (unpaired) electrons. The van der Waals surface area contributed by atoms with Crippen molar-refractivity contribution in [2.75, 3.05) is 33.8 Å². The Labute approximate surface area is 297 Å². The van der Waals surface area contributed by atoms with Gasteiger partial charge in [0.15, 0.2) is 11.5 Å². The molecular weight excluding hydrogens is 642 g/mol. The van der Waals surface area contributed by atoms with Crippen LogP contribution in [0.15, 0.2) is 18.2 Å². The number of nitrogens with one attached hydrogen (secondary N) is 3. The monoisotopic (exact) mass is 703 g/mol. The number of phenolic OH excluding ortho intramolecular Hbond substituents is 1. The van der Waals surface area contributed by atoms with Crippen molar-refractivity contribution in [2.45, 2.75) is 134 Å². The van der Waals surface area contributed by atoms with Crippen molar-refractivity contribution in [2.24, 2.45) is 17.3 Å². The molecule has 282 valence electrons. The zero-order chi connectivity index (χ0) is 36.3. The van der Waals surface area contributed by atoms with Gasteiger partial charge in [-0.1, -0.05) is 18.9 Å². The third kappa shape index (κ3) is 10.3. The van der Waals surface area contributed by atoms with E-state index in [2.05, 4.69) is 16.0 Å². The number of amides is 1. The van der Waals surface area contributed by atoms with E-state index in [1.165, 1.54) is 14.0 Å². The minimum Gasteiger partial charge on any atom is -0.504 e. The largest absolute Gasteiger partial charge is 0.504 e. The summed E-state index contributed by atoms with van der Waals surface area (Å²) in [6.07, 6.45) is 5.78. The number of likely N-dealkylation sites (N-methyl/N-ethyl adjacent to an activating group) is 1.